The number of esters is 1. The fourth-order valence-electron chi connectivity index (χ4n) is 3.46. The number of benzene rings is 3. The summed E-state index contributed by atoms with van der Waals surface area (Å²) in [5, 5.41) is 0.669. The van der Waals surface area contributed by atoms with Crippen LogP contribution in [0.3, 0.4) is 0 Å². The van der Waals surface area contributed by atoms with Crippen molar-refractivity contribution in [3.63, 3.8) is 0 Å². The van der Waals surface area contributed by atoms with Crippen LogP contribution in [0.15, 0.2) is 75.9 Å². The first-order valence-electron chi connectivity index (χ1n) is 9.59. The van der Waals surface area contributed by atoms with Crippen molar-refractivity contribution >= 4 is 16.9 Å². The van der Waals surface area contributed by atoms with E-state index in [-0.39, 0.29) is 0 Å². The Labute approximate surface area is 178 Å². The zero-order valence-electron chi connectivity index (χ0n) is 17.3. The summed E-state index contributed by atoms with van der Waals surface area (Å²) in [7, 11) is 3.08. The lowest BCUT2D eigenvalue weighted by molar-refractivity contribution is 0.0735. The van der Waals surface area contributed by atoms with Gasteiger partial charge in [0.25, 0.3) is 0 Å². The lowest BCUT2D eigenvalue weighted by atomic mass is 9.99. The van der Waals surface area contributed by atoms with Gasteiger partial charge in [-0.15, -0.1) is 0 Å². The van der Waals surface area contributed by atoms with E-state index in [0.29, 0.717) is 50.5 Å². The maximum atomic E-state index is 12.7. The fraction of sp³-hybridized carbons (Fsp3) is 0.120. The van der Waals surface area contributed by atoms with E-state index in [9.17, 15) is 9.59 Å². The number of ether oxygens (including phenoxy) is 3. The van der Waals surface area contributed by atoms with E-state index < -0.39 is 11.6 Å². The van der Waals surface area contributed by atoms with E-state index in [1.54, 1.807) is 67.8 Å². The van der Waals surface area contributed by atoms with Crippen molar-refractivity contribution in [1.82, 2.24) is 0 Å². The van der Waals surface area contributed by atoms with Crippen LogP contribution in [0, 0.1) is 6.92 Å². The van der Waals surface area contributed by atoms with Crippen LogP contribution in [0.25, 0.3) is 22.1 Å². The monoisotopic (exact) mass is 416 g/mol. The molecule has 0 saturated heterocycles. The molecule has 156 valence electrons. The number of aryl methyl sites for hydroxylation is 1. The molecular weight excluding hydrogens is 396 g/mol. The summed E-state index contributed by atoms with van der Waals surface area (Å²) in [6, 6.07) is 18.9. The SMILES string of the molecule is COc1ccc(-c2c(C)c3cc(OC(=O)c4ccccc4)ccc3oc2=O)cc1OC. The number of carbonyl (C=O) groups excluding carboxylic acids is 1. The summed E-state index contributed by atoms with van der Waals surface area (Å²) in [5.41, 5.74) is 2.14. The molecule has 31 heavy (non-hydrogen) atoms. The molecule has 1 heterocycles. The first-order valence-corrected chi connectivity index (χ1v) is 9.59. The lowest BCUT2D eigenvalue weighted by Crippen LogP contribution is -2.09. The number of methoxy groups -OCH3 is 2. The maximum Gasteiger partial charge on any atom is 0.344 e. The lowest BCUT2D eigenvalue weighted by Gasteiger charge is -2.12. The van der Waals surface area contributed by atoms with E-state index >= 15 is 0 Å². The third-order valence-corrected chi connectivity index (χ3v) is 5.03. The van der Waals surface area contributed by atoms with Gasteiger partial charge in [0.05, 0.1) is 25.3 Å². The third kappa shape index (κ3) is 3.88. The van der Waals surface area contributed by atoms with E-state index in [4.69, 9.17) is 18.6 Å². The van der Waals surface area contributed by atoms with Gasteiger partial charge in [0, 0.05) is 5.39 Å². The number of hydrogen-bond acceptors (Lipinski definition) is 6. The molecule has 0 bridgehead atoms. The molecular formula is C25H20O6. The molecule has 0 aliphatic heterocycles. The van der Waals surface area contributed by atoms with Gasteiger partial charge in [-0.3, -0.25) is 0 Å². The molecule has 3 aromatic carbocycles. The van der Waals surface area contributed by atoms with E-state index in [1.165, 1.54) is 7.11 Å². The quantitative estimate of drug-likeness (QED) is 0.259. The minimum absolute atomic E-state index is 0.358. The van der Waals surface area contributed by atoms with Gasteiger partial charge in [0.15, 0.2) is 11.5 Å². The Balaban J connectivity index is 1.78. The first-order chi connectivity index (χ1) is 15.0. The Kier molecular flexibility index (Phi) is 5.45. The Morgan fingerprint density at radius 2 is 1.61 bits per heavy atom. The molecule has 6 heteroatoms. The number of hydrogen-bond donors (Lipinski definition) is 0. The molecule has 0 fully saturated rings. The molecule has 4 aromatic rings. The molecule has 0 amide bonds. The highest BCUT2D eigenvalue weighted by Crippen LogP contribution is 2.34. The average Bonchev–Trinajstić information content (AvgIpc) is 2.80. The zero-order chi connectivity index (χ0) is 22.0. The molecule has 1 aromatic heterocycles. The molecule has 0 unspecified atom stereocenters. The van der Waals surface area contributed by atoms with Gasteiger partial charge in [-0.25, -0.2) is 9.59 Å². The van der Waals surface area contributed by atoms with Crippen LogP contribution in [0.1, 0.15) is 15.9 Å². The zero-order valence-corrected chi connectivity index (χ0v) is 17.3. The largest absolute Gasteiger partial charge is 0.493 e. The van der Waals surface area contributed by atoms with Crippen LogP contribution in [-0.2, 0) is 0 Å². The second kappa shape index (κ2) is 8.36. The number of fused-ring (bicyclic) bond motifs is 1. The maximum absolute atomic E-state index is 12.7. The van der Waals surface area contributed by atoms with Crippen molar-refractivity contribution in [2.45, 2.75) is 6.92 Å². The minimum atomic E-state index is -0.466. The summed E-state index contributed by atoms with van der Waals surface area (Å²) in [6.07, 6.45) is 0. The first kappa shape index (κ1) is 20.2. The molecule has 0 spiro atoms. The van der Waals surface area contributed by atoms with Crippen molar-refractivity contribution in [3.8, 4) is 28.4 Å². The van der Waals surface area contributed by atoms with Crippen LogP contribution in [0.2, 0.25) is 0 Å². The van der Waals surface area contributed by atoms with E-state index in [2.05, 4.69) is 0 Å². The highest BCUT2D eigenvalue weighted by molar-refractivity contribution is 5.92. The van der Waals surface area contributed by atoms with E-state index in [0.717, 1.165) is 0 Å². The molecule has 6 nitrogen and oxygen atoms in total. The van der Waals surface area contributed by atoms with Gasteiger partial charge >= 0.3 is 11.6 Å². The van der Waals surface area contributed by atoms with Crippen LogP contribution in [0.4, 0.5) is 0 Å². The summed E-state index contributed by atoms with van der Waals surface area (Å²) in [4.78, 5) is 25.1. The molecule has 0 atom stereocenters. The summed E-state index contributed by atoms with van der Waals surface area (Å²) in [6.45, 7) is 1.83. The molecule has 0 aliphatic rings. The van der Waals surface area contributed by atoms with Crippen molar-refractivity contribution < 1.29 is 23.4 Å². The summed E-state index contributed by atoms with van der Waals surface area (Å²) >= 11 is 0. The standard InChI is InChI=1S/C25H20O6/c1-15-19-14-18(30-24(26)16-7-5-4-6-8-16)10-12-20(19)31-25(27)23(15)17-9-11-21(28-2)22(13-17)29-3/h4-14H,1-3H3. The second-order valence-corrected chi connectivity index (χ2v) is 6.87. The Morgan fingerprint density at radius 1 is 0.871 bits per heavy atom. The van der Waals surface area contributed by atoms with Crippen molar-refractivity contribution in [2.75, 3.05) is 14.2 Å². The molecule has 0 N–H and O–H groups in total. The number of carbonyl (C=O) groups is 1. The topological polar surface area (TPSA) is 75.0 Å². The highest BCUT2D eigenvalue weighted by atomic mass is 16.5. The fourth-order valence-corrected chi connectivity index (χ4v) is 3.46. The summed E-state index contributed by atoms with van der Waals surface area (Å²) in [5.74, 6) is 0.959. The third-order valence-electron chi connectivity index (χ3n) is 5.03. The van der Waals surface area contributed by atoms with Crippen molar-refractivity contribution in [3.05, 3.63) is 88.3 Å². The van der Waals surface area contributed by atoms with Gasteiger partial charge < -0.3 is 18.6 Å². The van der Waals surface area contributed by atoms with Gasteiger partial charge in [-0.2, -0.15) is 0 Å². The van der Waals surface area contributed by atoms with Gasteiger partial charge in [-0.1, -0.05) is 24.3 Å². The second-order valence-electron chi connectivity index (χ2n) is 6.87. The molecule has 0 radical (unpaired) electrons. The molecule has 0 aliphatic carbocycles. The van der Waals surface area contributed by atoms with E-state index in [1.807, 2.05) is 13.0 Å². The van der Waals surface area contributed by atoms with Crippen molar-refractivity contribution in [1.29, 1.82) is 0 Å². The van der Waals surface area contributed by atoms with Gasteiger partial charge in [0.2, 0.25) is 0 Å². The summed E-state index contributed by atoms with van der Waals surface area (Å²) < 4.78 is 21.7. The van der Waals surface area contributed by atoms with Crippen molar-refractivity contribution in [2.24, 2.45) is 0 Å². The van der Waals surface area contributed by atoms with Gasteiger partial charge in [0.1, 0.15) is 11.3 Å². The number of rotatable bonds is 5. The van der Waals surface area contributed by atoms with Gasteiger partial charge in [-0.05, 0) is 60.5 Å². The van der Waals surface area contributed by atoms with Crippen LogP contribution >= 0.6 is 0 Å². The van der Waals surface area contributed by atoms with Crippen LogP contribution < -0.4 is 19.8 Å². The highest BCUT2D eigenvalue weighted by Gasteiger charge is 2.17. The minimum Gasteiger partial charge on any atom is -0.493 e. The smallest absolute Gasteiger partial charge is 0.344 e. The Morgan fingerprint density at radius 3 is 2.32 bits per heavy atom. The molecule has 0 saturated carbocycles. The Bertz CT molecular complexity index is 1320. The average molecular weight is 416 g/mol. The Hall–Kier alpha value is -4.06. The normalized spacial score (nSPS) is 10.7. The predicted molar refractivity (Wildman–Crippen MR) is 117 cm³/mol. The molecule has 4 rings (SSSR count). The predicted octanol–water partition coefficient (Wildman–Crippen LogP) is 5.00. The van der Waals surface area contributed by atoms with Crippen LogP contribution in [0.5, 0.6) is 17.2 Å². The van der Waals surface area contributed by atoms with Crippen LogP contribution in [-0.4, -0.2) is 20.2 Å².